The van der Waals surface area contributed by atoms with Crippen LogP contribution in [0.15, 0.2) is 32.3 Å². The summed E-state index contributed by atoms with van der Waals surface area (Å²) in [6.07, 6.45) is 0. The second-order valence-electron chi connectivity index (χ2n) is 3.19. The SMILES string of the molecule is NCc1nnc(SCc2ccc(Br)cc2F)o1. The Labute approximate surface area is 110 Å². The van der Waals surface area contributed by atoms with E-state index in [1.165, 1.54) is 17.8 Å². The van der Waals surface area contributed by atoms with E-state index < -0.39 is 0 Å². The Balaban J connectivity index is 2.02. The third-order valence-electron chi connectivity index (χ3n) is 1.99. The highest BCUT2D eigenvalue weighted by Gasteiger charge is 2.08. The summed E-state index contributed by atoms with van der Waals surface area (Å²) in [6.45, 7) is 0.209. The van der Waals surface area contributed by atoms with E-state index in [4.69, 9.17) is 10.2 Å². The van der Waals surface area contributed by atoms with Crippen LogP contribution in [-0.4, -0.2) is 10.2 Å². The molecule has 0 atom stereocenters. The number of hydrogen-bond donors (Lipinski definition) is 1. The maximum absolute atomic E-state index is 13.5. The Kier molecular flexibility index (Phi) is 4.14. The van der Waals surface area contributed by atoms with Gasteiger partial charge in [0.2, 0.25) is 5.89 Å². The Bertz CT molecular complexity index is 520. The van der Waals surface area contributed by atoms with Crippen LogP contribution < -0.4 is 5.73 Å². The molecule has 2 aromatic rings. The molecule has 0 aliphatic rings. The molecule has 2 N–H and O–H groups in total. The number of halogens is 2. The second kappa shape index (κ2) is 5.61. The fourth-order valence-electron chi connectivity index (χ4n) is 1.16. The molecule has 0 aliphatic heterocycles. The molecule has 0 bridgehead atoms. The van der Waals surface area contributed by atoms with E-state index in [1.807, 2.05) is 0 Å². The van der Waals surface area contributed by atoms with Crippen molar-refractivity contribution in [3.8, 4) is 0 Å². The van der Waals surface area contributed by atoms with Gasteiger partial charge in [-0.2, -0.15) is 0 Å². The van der Waals surface area contributed by atoms with Gasteiger partial charge < -0.3 is 10.2 Å². The number of rotatable bonds is 4. The first kappa shape index (κ1) is 12.5. The van der Waals surface area contributed by atoms with Gasteiger partial charge in [-0.25, -0.2) is 4.39 Å². The summed E-state index contributed by atoms with van der Waals surface area (Å²) in [7, 11) is 0. The third kappa shape index (κ3) is 3.27. The fourth-order valence-corrected chi connectivity index (χ4v) is 2.26. The Morgan fingerprint density at radius 2 is 2.24 bits per heavy atom. The van der Waals surface area contributed by atoms with Gasteiger partial charge in [0.05, 0.1) is 6.54 Å². The van der Waals surface area contributed by atoms with Crippen molar-refractivity contribution in [3.05, 3.63) is 39.9 Å². The molecule has 0 aliphatic carbocycles. The topological polar surface area (TPSA) is 64.9 Å². The van der Waals surface area contributed by atoms with Crippen molar-refractivity contribution in [1.29, 1.82) is 0 Å². The van der Waals surface area contributed by atoms with Crippen LogP contribution in [-0.2, 0) is 12.3 Å². The van der Waals surface area contributed by atoms with E-state index in [2.05, 4.69) is 26.1 Å². The summed E-state index contributed by atoms with van der Waals surface area (Å²) in [5.74, 6) is 0.555. The van der Waals surface area contributed by atoms with E-state index >= 15 is 0 Å². The largest absolute Gasteiger partial charge is 0.415 e. The Hall–Kier alpha value is -0.920. The van der Waals surface area contributed by atoms with Crippen LogP contribution in [0.2, 0.25) is 0 Å². The van der Waals surface area contributed by atoms with E-state index in [9.17, 15) is 4.39 Å². The molecule has 0 fully saturated rings. The highest BCUT2D eigenvalue weighted by Crippen LogP contribution is 2.24. The second-order valence-corrected chi connectivity index (χ2v) is 5.03. The van der Waals surface area contributed by atoms with Crippen LogP contribution in [0.5, 0.6) is 0 Å². The molecule has 0 radical (unpaired) electrons. The van der Waals surface area contributed by atoms with E-state index in [-0.39, 0.29) is 12.4 Å². The molecule has 0 saturated heterocycles. The average Bonchev–Trinajstić information content (AvgIpc) is 2.76. The molecule has 0 spiro atoms. The van der Waals surface area contributed by atoms with E-state index in [0.29, 0.717) is 26.9 Å². The van der Waals surface area contributed by atoms with Gasteiger partial charge in [-0.1, -0.05) is 33.8 Å². The predicted octanol–water partition coefficient (Wildman–Crippen LogP) is 2.72. The van der Waals surface area contributed by atoms with Gasteiger partial charge >= 0.3 is 0 Å². The summed E-state index contributed by atoms with van der Waals surface area (Å²) in [5.41, 5.74) is 5.93. The third-order valence-corrected chi connectivity index (χ3v) is 3.35. The predicted molar refractivity (Wildman–Crippen MR) is 65.9 cm³/mol. The van der Waals surface area contributed by atoms with E-state index in [0.717, 1.165) is 0 Å². The standard InChI is InChI=1S/C10H9BrFN3OS/c11-7-2-1-6(8(12)3-7)5-17-10-15-14-9(4-13)16-10/h1-3H,4-5,13H2. The lowest BCUT2D eigenvalue weighted by atomic mass is 10.2. The van der Waals surface area contributed by atoms with Crippen LogP contribution in [0.3, 0.4) is 0 Å². The maximum Gasteiger partial charge on any atom is 0.276 e. The smallest absolute Gasteiger partial charge is 0.276 e. The molecule has 0 saturated carbocycles. The zero-order valence-electron chi connectivity index (χ0n) is 8.69. The molecule has 7 heteroatoms. The molecule has 1 aromatic heterocycles. The highest BCUT2D eigenvalue weighted by atomic mass is 79.9. The molecule has 4 nitrogen and oxygen atoms in total. The molecule has 90 valence electrons. The molecule has 0 unspecified atom stereocenters. The van der Waals surface area contributed by atoms with Gasteiger partial charge in [0.1, 0.15) is 5.82 Å². The first-order valence-electron chi connectivity index (χ1n) is 4.78. The minimum atomic E-state index is -0.259. The van der Waals surface area contributed by atoms with Crippen LogP contribution in [0, 0.1) is 5.82 Å². The lowest BCUT2D eigenvalue weighted by Gasteiger charge is -2.00. The first-order chi connectivity index (χ1) is 8.19. The highest BCUT2D eigenvalue weighted by molar-refractivity contribution is 9.10. The molecule has 1 aromatic carbocycles. The summed E-state index contributed by atoms with van der Waals surface area (Å²) in [6, 6.07) is 4.93. The first-order valence-corrected chi connectivity index (χ1v) is 6.56. The number of benzene rings is 1. The van der Waals surface area contributed by atoms with Crippen molar-refractivity contribution < 1.29 is 8.81 Å². The molecular formula is C10H9BrFN3OS. The summed E-state index contributed by atoms with van der Waals surface area (Å²) < 4.78 is 19.4. The van der Waals surface area contributed by atoms with Crippen LogP contribution in [0.25, 0.3) is 0 Å². The summed E-state index contributed by atoms with van der Waals surface area (Å²) in [5, 5.41) is 7.90. The van der Waals surface area contributed by atoms with Crippen molar-refractivity contribution in [1.82, 2.24) is 10.2 Å². The summed E-state index contributed by atoms with van der Waals surface area (Å²) >= 11 is 4.48. The minimum absolute atomic E-state index is 0.209. The number of nitrogens with two attached hydrogens (primary N) is 1. The van der Waals surface area contributed by atoms with Gasteiger partial charge in [-0.05, 0) is 17.7 Å². The van der Waals surface area contributed by atoms with Crippen molar-refractivity contribution >= 4 is 27.7 Å². The fraction of sp³-hybridized carbons (Fsp3) is 0.200. The van der Waals surface area contributed by atoms with Gasteiger partial charge in [0, 0.05) is 10.2 Å². The molecule has 17 heavy (non-hydrogen) atoms. The quantitative estimate of drug-likeness (QED) is 0.878. The van der Waals surface area contributed by atoms with Gasteiger partial charge in [0.15, 0.2) is 0 Å². The Morgan fingerprint density at radius 3 is 2.88 bits per heavy atom. The van der Waals surface area contributed by atoms with Gasteiger partial charge in [0.25, 0.3) is 5.22 Å². The molecule has 2 rings (SSSR count). The van der Waals surface area contributed by atoms with Crippen LogP contribution in [0.4, 0.5) is 4.39 Å². The summed E-state index contributed by atoms with van der Waals surface area (Å²) in [4.78, 5) is 0. The number of hydrogen-bond acceptors (Lipinski definition) is 5. The lowest BCUT2D eigenvalue weighted by Crippen LogP contribution is -1.95. The minimum Gasteiger partial charge on any atom is -0.415 e. The Morgan fingerprint density at radius 1 is 1.41 bits per heavy atom. The van der Waals surface area contributed by atoms with Crippen molar-refractivity contribution in [3.63, 3.8) is 0 Å². The number of aromatic nitrogens is 2. The van der Waals surface area contributed by atoms with Crippen molar-refractivity contribution in [2.24, 2.45) is 5.73 Å². The molecule has 1 heterocycles. The maximum atomic E-state index is 13.5. The molecular weight excluding hydrogens is 309 g/mol. The number of nitrogens with zero attached hydrogens (tertiary/aromatic N) is 2. The average molecular weight is 318 g/mol. The monoisotopic (exact) mass is 317 g/mol. The lowest BCUT2D eigenvalue weighted by molar-refractivity contribution is 0.414. The number of thioether (sulfide) groups is 1. The van der Waals surface area contributed by atoms with Crippen LogP contribution >= 0.6 is 27.7 Å². The van der Waals surface area contributed by atoms with Crippen molar-refractivity contribution in [2.45, 2.75) is 17.5 Å². The van der Waals surface area contributed by atoms with E-state index in [1.54, 1.807) is 12.1 Å². The molecule has 0 amide bonds. The zero-order valence-corrected chi connectivity index (χ0v) is 11.1. The van der Waals surface area contributed by atoms with Crippen molar-refractivity contribution in [2.75, 3.05) is 0 Å². The van der Waals surface area contributed by atoms with Gasteiger partial charge in [-0.3, -0.25) is 0 Å². The zero-order chi connectivity index (χ0) is 12.3. The van der Waals surface area contributed by atoms with Crippen LogP contribution in [0.1, 0.15) is 11.5 Å². The normalized spacial score (nSPS) is 10.8. The van der Waals surface area contributed by atoms with Gasteiger partial charge in [-0.15, -0.1) is 10.2 Å².